The topological polar surface area (TPSA) is 125 Å². The standard InChI is InChI=1S/C22H24N4O6/c1-29-12-13-31-22(28)24-17-5-3-4-16(14-17)23-19(27)10-11-20-25-21(26-32-20)15-6-8-18(30-2)9-7-15/h3-9,14H,10-13H2,1-2H3,(H,23,27)(H,24,28). The first-order valence-corrected chi connectivity index (χ1v) is 9.87. The molecule has 0 fully saturated rings. The lowest BCUT2D eigenvalue weighted by molar-refractivity contribution is -0.116. The lowest BCUT2D eigenvalue weighted by Crippen LogP contribution is -2.17. The molecule has 2 N–H and O–H groups in total. The van der Waals surface area contributed by atoms with Crippen molar-refractivity contribution in [3.05, 3.63) is 54.4 Å². The van der Waals surface area contributed by atoms with Crippen LogP contribution in [-0.2, 0) is 20.7 Å². The van der Waals surface area contributed by atoms with Gasteiger partial charge in [-0.15, -0.1) is 0 Å². The van der Waals surface area contributed by atoms with E-state index in [1.54, 1.807) is 43.5 Å². The normalized spacial score (nSPS) is 10.4. The van der Waals surface area contributed by atoms with Gasteiger partial charge >= 0.3 is 6.09 Å². The van der Waals surface area contributed by atoms with Gasteiger partial charge in [-0.2, -0.15) is 4.98 Å². The van der Waals surface area contributed by atoms with E-state index < -0.39 is 6.09 Å². The number of methoxy groups -OCH3 is 2. The number of nitrogens with zero attached hydrogens (tertiary/aromatic N) is 2. The second-order valence-electron chi connectivity index (χ2n) is 6.62. The summed E-state index contributed by atoms with van der Waals surface area (Å²) < 4.78 is 20.1. The third-order valence-electron chi connectivity index (χ3n) is 4.30. The number of aromatic nitrogens is 2. The molecule has 10 heteroatoms. The van der Waals surface area contributed by atoms with Gasteiger partial charge in [-0.1, -0.05) is 11.2 Å². The van der Waals surface area contributed by atoms with Crippen molar-refractivity contribution >= 4 is 23.4 Å². The predicted molar refractivity (Wildman–Crippen MR) is 117 cm³/mol. The lowest BCUT2D eigenvalue weighted by atomic mass is 10.2. The lowest BCUT2D eigenvalue weighted by Gasteiger charge is -2.09. The molecule has 1 aromatic heterocycles. The van der Waals surface area contributed by atoms with E-state index in [0.29, 0.717) is 36.1 Å². The number of hydrogen-bond acceptors (Lipinski definition) is 8. The van der Waals surface area contributed by atoms with Crippen molar-refractivity contribution in [1.82, 2.24) is 10.1 Å². The highest BCUT2D eigenvalue weighted by Crippen LogP contribution is 2.20. The zero-order chi connectivity index (χ0) is 22.8. The Morgan fingerprint density at radius 3 is 2.47 bits per heavy atom. The number of nitrogens with one attached hydrogen (secondary N) is 2. The minimum atomic E-state index is -0.602. The average molecular weight is 440 g/mol. The van der Waals surface area contributed by atoms with Crippen LogP contribution in [0.5, 0.6) is 5.75 Å². The highest BCUT2D eigenvalue weighted by molar-refractivity contribution is 5.92. The van der Waals surface area contributed by atoms with Crippen molar-refractivity contribution < 1.29 is 28.3 Å². The summed E-state index contributed by atoms with van der Waals surface area (Å²) >= 11 is 0. The predicted octanol–water partition coefficient (Wildman–Crippen LogP) is 3.51. The Balaban J connectivity index is 1.49. The number of carbonyl (C=O) groups excluding carboxylic acids is 2. The van der Waals surface area contributed by atoms with Gasteiger partial charge in [-0.3, -0.25) is 10.1 Å². The molecule has 2 aromatic carbocycles. The van der Waals surface area contributed by atoms with E-state index in [9.17, 15) is 9.59 Å². The fourth-order valence-electron chi connectivity index (χ4n) is 2.70. The molecule has 0 spiro atoms. The van der Waals surface area contributed by atoms with Crippen molar-refractivity contribution in [3.63, 3.8) is 0 Å². The van der Waals surface area contributed by atoms with Gasteiger partial charge in [0.2, 0.25) is 17.6 Å². The van der Waals surface area contributed by atoms with Gasteiger partial charge in [0, 0.05) is 36.9 Å². The van der Waals surface area contributed by atoms with Crippen molar-refractivity contribution in [2.75, 3.05) is 38.1 Å². The molecular formula is C22H24N4O6. The van der Waals surface area contributed by atoms with E-state index in [1.807, 2.05) is 12.1 Å². The van der Waals surface area contributed by atoms with Crippen LogP contribution in [0.25, 0.3) is 11.4 Å². The monoisotopic (exact) mass is 440 g/mol. The summed E-state index contributed by atoms with van der Waals surface area (Å²) in [7, 11) is 3.11. The Morgan fingerprint density at radius 1 is 1.00 bits per heavy atom. The Morgan fingerprint density at radius 2 is 1.75 bits per heavy atom. The fourth-order valence-corrected chi connectivity index (χ4v) is 2.70. The summed E-state index contributed by atoms with van der Waals surface area (Å²) in [6, 6.07) is 14.0. The molecular weight excluding hydrogens is 416 g/mol. The second kappa shape index (κ2) is 11.5. The zero-order valence-electron chi connectivity index (χ0n) is 17.8. The summed E-state index contributed by atoms with van der Waals surface area (Å²) in [6.45, 7) is 0.458. The minimum Gasteiger partial charge on any atom is -0.497 e. The third-order valence-corrected chi connectivity index (χ3v) is 4.30. The number of aryl methyl sites for hydroxylation is 1. The maximum Gasteiger partial charge on any atom is 0.411 e. The van der Waals surface area contributed by atoms with E-state index in [0.717, 1.165) is 11.3 Å². The van der Waals surface area contributed by atoms with Gasteiger partial charge in [-0.05, 0) is 42.5 Å². The number of rotatable bonds is 10. The number of amides is 2. The van der Waals surface area contributed by atoms with Crippen molar-refractivity contribution in [1.29, 1.82) is 0 Å². The number of anilines is 2. The SMILES string of the molecule is COCCOC(=O)Nc1cccc(NC(=O)CCc2nc(-c3ccc(OC)cc3)no2)c1. The van der Waals surface area contributed by atoms with Crippen LogP contribution in [-0.4, -0.2) is 49.6 Å². The summed E-state index contributed by atoms with van der Waals surface area (Å²) in [6.07, 6.45) is -0.158. The molecule has 3 rings (SSSR count). The quantitative estimate of drug-likeness (QED) is 0.459. The molecule has 0 unspecified atom stereocenters. The van der Waals surface area contributed by atoms with Crippen LogP contribution in [0.4, 0.5) is 16.2 Å². The van der Waals surface area contributed by atoms with Gasteiger partial charge < -0.3 is 24.1 Å². The van der Waals surface area contributed by atoms with Crippen LogP contribution in [0.15, 0.2) is 53.1 Å². The van der Waals surface area contributed by atoms with Crippen LogP contribution in [0.3, 0.4) is 0 Å². The first-order valence-electron chi connectivity index (χ1n) is 9.87. The van der Waals surface area contributed by atoms with Gasteiger partial charge in [-0.25, -0.2) is 4.79 Å². The average Bonchev–Trinajstić information content (AvgIpc) is 3.27. The maximum absolute atomic E-state index is 12.3. The highest BCUT2D eigenvalue weighted by Gasteiger charge is 2.12. The number of ether oxygens (including phenoxy) is 3. The molecule has 2 amide bonds. The van der Waals surface area contributed by atoms with E-state index in [4.69, 9.17) is 18.7 Å². The Bertz CT molecular complexity index is 1030. The molecule has 0 aliphatic carbocycles. The molecule has 0 radical (unpaired) electrons. The summed E-state index contributed by atoms with van der Waals surface area (Å²) in [4.78, 5) is 28.3. The van der Waals surface area contributed by atoms with Crippen LogP contribution >= 0.6 is 0 Å². The molecule has 0 aliphatic rings. The maximum atomic E-state index is 12.3. The number of carbonyl (C=O) groups is 2. The minimum absolute atomic E-state index is 0.147. The van der Waals surface area contributed by atoms with E-state index in [2.05, 4.69) is 20.8 Å². The van der Waals surface area contributed by atoms with Gasteiger partial charge in [0.1, 0.15) is 12.4 Å². The van der Waals surface area contributed by atoms with Gasteiger partial charge in [0.25, 0.3) is 0 Å². The van der Waals surface area contributed by atoms with E-state index >= 15 is 0 Å². The second-order valence-corrected chi connectivity index (χ2v) is 6.62. The molecule has 32 heavy (non-hydrogen) atoms. The molecule has 1 heterocycles. The fraction of sp³-hybridized carbons (Fsp3) is 0.273. The van der Waals surface area contributed by atoms with E-state index in [-0.39, 0.29) is 18.9 Å². The van der Waals surface area contributed by atoms with Crippen LogP contribution in [0, 0.1) is 0 Å². The largest absolute Gasteiger partial charge is 0.497 e. The molecule has 10 nitrogen and oxygen atoms in total. The highest BCUT2D eigenvalue weighted by atomic mass is 16.6. The van der Waals surface area contributed by atoms with Crippen LogP contribution in [0.2, 0.25) is 0 Å². The van der Waals surface area contributed by atoms with Crippen LogP contribution < -0.4 is 15.4 Å². The molecule has 168 valence electrons. The van der Waals surface area contributed by atoms with Crippen molar-refractivity contribution in [3.8, 4) is 17.1 Å². The third kappa shape index (κ3) is 6.81. The number of benzene rings is 2. The number of hydrogen-bond donors (Lipinski definition) is 2. The Hall–Kier alpha value is -3.92. The molecule has 0 saturated carbocycles. The molecule has 0 atom stereocenters. The summed E-state index contributed by atoms with van der Waals surface area (Å²) in [5, 5.41) is 9.31. The smallest absolute Gasteiger partial charge is 0.411 e. The first kappa shape index (κ1) is 22.8. The Kier molecular flexibility index (Phi) is 8.15. The van der Waals surface area contributed by atoms with Gasteiger partial charge in [0.15, 0.2) is 0 Å². The Labute approximate surface area is 184 Å². The van der Waals surface area contributed by atoms with Gasteiger partial charge in [0.05, 0.1) is 13.7 Å². The molecule has 0 saturated heterocycles. The van der Waals surface area contributed by atoms with Crippen LogP contribution in [0.1, 0.15) is 12.3 Å². The zero-order valence-corrected chi connectivity index (χ0v) is 17.8. The summed E-state index contributed by atoms with van der Waals surface area (Å²) in [5.74, 6) is 1.31. The van der Waals surface area contributed by atoms with E-state index in [1.165, 1.54) is 7.11 Å². The first-order chi connectivity index (χ1) is 15.6. The molecule has 0 aliphatic heterocycles. The molecule has 0 bridgehead atoms. The molecule has 3 aromatic rings. The summed E-state index contributed by atoms with van der Waals surface area (Å²) in [5.41, 5.74) is 1.82. The van der Waals surface area contributed by atoms with Crippen molar-refractivity contribution in [2.24, 2.45) is 0 Å². The van der Waals surface area contributed by atoms with Crippen molar-refractivity contribution in [2.45, 2.75) is 12.8 Å².